The predicted octanol–water partition coefficient (Wildman–Crippen LogP) is 3.96. The second-order valence-corrected chi connectivity index (χ2v) is 10.0. The summed E-state index contributed by atoms with van der Waals surface area (Å²) in [6, 6.07) is 15.9. The number of halogens is 1. The molecule has 3 aromatic rings. The first kappa shape index (κ1) is 22.7. The standard InChI is InChI=1S/C20H19ClN2O6S2/c1-28-17-10-11-19(29-2)20(13-17)31(26,27)23-16-4-3-5-18(12-16)30(24,25)22-15-8-6-14(21)7-9-15/h3-13,22-23H,1-2H3. The predicted molar refractivity (Wildman–Crippen MR) is 119 cm³/mol. The van der Waals surface area contributed by atoms with Crippen LogP contribution in [0.25, 0.3) is 0 Å². The van der Waals surface area contributed by atoms with Crippen LogP contribution in [0.5, 0.6) is 11.5 Å². The molecule has 0 atom stereocenters. The highest BCUT2D eigenvalue weighted by Gasteiger charge is 2.22. The Morgan fingerprint density at radius 1 is 0.742 bits per heavy atom. The highest BCUT2D eigenvalue weighted by molar-refractivity contribution is 7.93. The lowest BCUT2D eigenvalue weighted by molar-refractivity contribution is 0.392. The number of benzene rings is 3. The van der Waals surface area contributed by atoms with Crippen molar-refractivity contribution >= 4 is 43.0 Å². The SMILES string of the molecule is COc1ccc(OC)c(S(=O)(=O)Nc2cccc(S(=O)(=O)Nc3ccc(Cl)cc3)c2)c1. The lowest BCUT2D eigenvalue weighted by atomic mass is 10.3. The number of nitrogens with one attached hydrogen (secondary N) is 2. The number of ether oxygens (including phenoxy) is 2. The van der Waals surface area contributed by atoms with Gasteiger partial charge in [0, 0.05) is 16.8 Å². The molecule has 0 heterocycles. The molecule has 8 nitrogen and oxygen atoms in total. The van der Waals surface area contributed by atoms with E-state index in [1.54, 1.807) is 18.2 Å². The van der Waals surface area contributed by atoms with Gasteiger partial charge in [-0.05, 0) is 54.6 Å². The molecule has 0 saturated heterocycles. The van der Waals surface area contributed by atoms with Crippen molar-refractivity contribution in [1.82, 2.24) is 0 Å². The summed E-state index contributed by atoms with van der Waals surface area (Å²) < 4.78 is 66.2. The number of rotatable bonds is 8. The summed E-state index contributed by atoms with van der Waals surface area (Å²) in [5, 5.41) is 0.465. The van der Waals surface area contributed by atoms with E-state index in [2.05, 4.69) is 9.44 Å². The summed E-state index contributed by atoms with van der Waals surface area (Å²) in [5.74, 6) is 0.436. The lowest BCUT2D eigenvalue weighted by Gasteiger charge is -2.14. The van der Waals surface area contributed by atoms with Crippen LogP contribution >= 0.6 is 11.6 Å². The molecule has 0 saturated carbocycles. The van der Waals surface area contributed by atoms with Crippen LogP contribution in [0.3, 0.4) is 0 Å². The van der Waals surface area contributed by atoms with Gasteiger partial charge in [0.05, 0.1) is 24.8 Å². The zero-order chi connectivity index (χ0) is 22.6. The summed E-state index contributed by atoms with van der Waals surface area (Å²) in [7, 11) is -5.31. The normalized spacial score (nSPS) is 11.6. The maximum Gasteiger partial charge on any atom is 0.265 e. The van der Waals surface area contributed by atoms with Gasteiger partial charge in [-0.2, -0.15) is 0 Å². The fourth-order valence-corrected chi connectivity index (χ4v) is 5.13. The summed E-state index contributed by atoms with van der Waals surface area (Å²) >= 11 is 5.81. The van der Waals surface area contributed by atoms with Crippen LogP contribution in [-0.2, 0) is 20.0 Å². The summed E-state index contributed by atoms with van der Waals surface area (Å²) in [6.45, 7) is 0. The fourth-order valence-electron chi connectivity index (χ4n) is 2.66. The number of hydrogen-bond donors (Lipinski definition) is 2. The second kappa shape index (κ2) is 9.04. The number of anilines is 2. The van der Waals surface area contributed by atoms with E-state index in [1.807, 2.05) is 0 Å². The molecule has 0 fully saturated rings. The van der Waals surface area contributed by atoms with Gasteiger partial charge in [0.1, 0.15) is 16.4 Å². The van der Waals surface area contributed by atoms with Gasteiger partial charge in [0.25, 0.3) is 20.0 Å². The van der Waals surface area contributed by atoms with Crippen LogP contribution < -0.4 is 18.9 Å². The molecule has 0 aliphatic heterocycles. The molecule has 31 heavy (non-hydrogen) atoms. The van der Waals surface area contributed by atoms with E-state index >= 15 is 0 Å². The molecule has 0 radical (unpaired) electrons. The third kappa shape index (κ3) is 5.40. The first-order valence-electron chi connectivity index (χ1n) is 8.78. The molecule has 0 spiro atoms. The second-order valence-electron chi connectivity index (χ2n) is 6.26. The third-order valence-electron chi connectivity index (χ3n) is 4.15. The van der Waals surface area contributed by atoms with E-state index in [1.165, 1.54) is 62.8 Å². The first-order valence-corrected chi connectivity index (χ1v) is 12.1. The van der Waals surface area contributed by atoms with E-state index in [4.69, 9.17) is 21.1 Å². The Hall–Kier alpha value is -2.95. The monoisotopic (exact) mass is 482 g/mol. The van der Waals surface area contributed by atoms with E-state index < -0.39 is 20.0 Å². The van der Waals surface area contributed by atoms with E-state index in [0.29, 0.717) is 16.5 Å². The van der Waals surface area contributed by atoms with Crippen molar-refractivity contribution in [2.75, 3.05) is 23.7 Å². The smallest absolute Gasteiger partial charge is 0.265 e. The quantitative estimate of drug-likeness (QED) is 0.502. The average Bonchev–Trinajstić information content (AvgIpc) is 2.74. The van der Waals surface area contributed by atoms with Crippen molar-refractivity contribution < 1.29 is 26.3 Å². The topological polar surface area (TPSA) is 111 Å². The molecule has 0 aliphatic carbocycles. The number of hydrogen-bond acceptors (Lipinski definition) is 6. The summed E-state index contributed by atoms with van der Waals surface area (Å²) in [4.78, 5) is -0.276. The van der Waals surface area contributed by atoms with E-state index in [0.717, 1.165) is 0 Å². The van der Waals surface area contributed by atoms with Gasteiger partial charge < -0.3 is 9.47 Å². The van der Waals surface area contributed by atoms with Crippen LogP contribution in [0.4, 0.5) is 11.4 Å². The molecular weight excluding hydrogens is 464 g/mol. The number of sulfonamides is 2. The Kier molecular flexibility index (Phi) is 6.63. The molecule has 3 aromatic carbocycles. The highest BCUT2D eigenvalue weighted by atomic mass is 35.5. The maximum absolute atomic E-state index is 12.9. The van der Waals surface area contributed by atoms with Crippen molar-refractivity contribution in [2.24, 2.45) is 0 Å². The molecule has 0 amide bonds. The van der Waals surface area contributed by atoms with Crippen molar-refractivity contribution in [3.8, 4) is 11.5 Å². The largest absolute Gasteiger partial charge is 0.497 e. The molecule has 0 aromatic heterocycles. The first-order chi connectivity index (χ1) is 14.6. The Bertz CT molecular complexity index is 1290. The lowest BCUT2D eigenvalue weighted by Crippen LogP contribution is -2.16. The minimum atomic E-state index is -4.10. The van der Waals surface area contributed by atoms with E-state index in [9.17, 15) is 16.8 Å². The molecule has 0 unspecified atom stereocenters. The molecular formula is C20H19ClN2O6S2. The van der Waals surface area contributed by atoms with Gasteiger partial charge in [0.15, 0.2) is 0 Å². The molecule has 3 rings (SSSR count). The van der Waals surface area contributed by atoms with Gasteiger partial charge in [-0.1, -0.05) is 17.7 Å². The van der Waals surface area contributed by atoms with Crippen molar-refractivity contribution in [2.45, 2.75) is 9.79 Å². The van der Waals surface area contributed by atoms with Gasteiger partial charge >= 0.3 is 0 Å². The van der Waals surface area contributed by atoms with Gasteiger partial charge in [0.2, 0.25) is 0 Å². The van der Waals surface area contributed by atoms with Crippen molar-refractivity contribution in [1.29, 1.82) is 0 Å². The van der Waals surface area contributed by atoms with Gasteiger partial charge in [-0.15, -0.1) is 0 Å². The Morgan fingerprint density at radius 3 is 2.06 bits per heavy atom. The molecule has 0 bridgehead atoms. The highest BCUT2D eigenvalue weighted by Crippen LogP contribution is 2.30. The van der Waals surface area contributed by atoms with Crippen LogP contribution in [-0.4, -0.2) is 31.1 Å². The zero-order valence-electron chi connectivity index (χ0n) is 16.5. The van der Waals surface area contributed by atoms with Gasteiger partial charge in [-0.3, -0.25) is 9.44 Å². The minimum Gasteiger partial charge on any atom is -0.497 e. The Labute approximate surface area is 185 Å². The fraction of sp³-hybridized carbons (Fsp3) is 0.100. The molecule has 11 heteroatoms. The van der Waals surface area contributed by atoms with Crippen LogP contribution in [0.15, 0.2) is 76.5 Å². The van der Waals surface area contributed by atoms with Crippen LogP contribution in [0.1, 0.15) is 0 Å². The zero-order valence-corrected chi connectivity index (χ0v) is 18.9. The third-order valence-corrected chi connectivity index (χ3v) is 7.19. The summed E-state index contributed by atoms with van der Waals surface area (Å²) in [6.07, 6.45) is 0. The van der Waals surface area contributed by atoms with Gasteiger partial charge in [-0.25, -0.2) is 16.8 Å². The molecule has 0 aliphatic rings. The Balaban J connectivity index is 1.90. The molecule has 164 valence electrons. The minimum absolute atomic E-state index is 0.0591. The number of methoxy groups -OCH3 is 2. The average molecular weight is 483 g/mol. The summed E-state index contributed by atoms with van der Waals surface area (Å²) in [5.41, 5.74) is 0.375. The maximum atomic E-state index is 12.9. The molecule has 2 N–H and O–H groups in total. The van der Waals surface area contributed by atoms with Crippen LogP contribution in [0, 0.1) is 0 Å². The Morgan fingerprint density at radius 2 is 1.42 bits per heavy atom. The van der Waals surface area contributed by atoms with E-state index in [-0.39, 0.29) is 21.2 Å². The van der Waals surface area contributed by atoms with Crippen LogP contribution in [0.2, 0.25) is 5.02 Å². The van der Waals surface area contributed by atoms with Crippen molar-refractivity contribution in [3.63, 3.8) is 0 Å². The van der Waals surface area contributed by atoms with Crippen molar-refractivity contribution in [3.05, 3.63) is 71.8 Å².